The van der Waals surface area contributed by atoms with E-state index in [2.05, 4.69) is 5.10 Å². The number of ketones is 1. The van der Waals surface area contributed by atoms with Gasteiger partial charge < -0.3 is 4.90 Å². The van der Waals surface area contributed by atoms with Crippen LogP contribution in [0.4, 0.5) is 0 Å². The van der Waals surface area contributed by atoms with Crippen molar-refractivity contribution in [2.45, 2.75) is 19.3 Å². The third-order valence-corrected chi connectivity index (χ3v) is 6.81. The van der Waals surface area contributed by atoms with Gasteiger partial charge in [-0.1, -0.05) is 30.3 Å². The number of likely N-dealkylation sites (tertiary alicyclic amines) is 1. The van der Waals surface area contributed by atoms with Crippen LogP contribution in [0.25, 0.3) is 0 Å². The number of Topliss-reactive ketones (excluding diaryl/α,β-unsaturated/α-hetero) is 1. The van der Waals surface area contributed by atoms with Gasteiger partial charge in [0.2, 0.25) is 15.9 Å². The molecule has 30 heavy (non-hydrogen) atoms. The van der Waals surface area contributed by atoms with Crippen LogP contribution in [0.5, 0.6) is 0 Å². The maximum atomic E-state index is 12.7. The normalized spacial score (nSPS) is 15.5. The van der Waals surface area contributed by atoms with E-state index in [4.69, 9.17) is 0 Å². The van der Waals surface area contributed by atoms with Gasteiger partial charge in [0.05, 0.1) is 12.8 Å². The van der Waals surface area contributed by atoms with E-state index in [1.165, 1.54) is 4.31 Å². The molecule has 0 N–H and O–H groups in total. The molecule has 1 saturated heterocycles. The number of sulfonamides is 1. The Hall–Kier alpha value is -2.52. The van der Waals surface area contributed by atoms with Gasteiger partial charge >= 0.3 is 0 Å². The molecular weight excluding hydrogens is 404 g/mol. The van der Waals surface area contributed by atoms with Crippen molar-refractivity contribution in [3.63, 3.8) is 0 Å². The summed E-state index contributed by atoms with van der Waals surface area (Å²) >= 11 is 0. The minimum atomic E-state index is -3.51. The highest BCUT2D eigenvalue weighted by atomic mass is 32.2. The zero-order valence-electron chi connectivity index (χ0n) is 17.4. The van der Waals surface area contributed by atoms with Crippen LogP contribution in [-0.4, -0.2) is 71.5 Å². The second-order valence-corrected chi connectivity index (χ2v) is 9.67. The molecular formula is C21H28N4O4S. The second kappa shape index (κ2) is 9.53. The molecule has 1 fully saturated rings. The van der Waals surface area contributed by atoms with Crippen LogP contribution < -0.4 is 0 Å². The number of benzene rings is 1. The van der Waals surface area contributed by atoms with Crippen molar-refractivity contribution < 1.29 is 18.0 Å². The molecule has 1 aromatic heterocycles. The van der Waals surface area contributed by atoms with Gasteiger partial charge in [0.1, 0.15) is 5.69 Å². The molecule has 0 spiro atoms. The summed E-state index contributed by atoms with van der Waals surface area (Å²) < 4.78 is 27.2. The lowest BCUT2D eigenvalue weighted by Gasteiger charge is -2.32. The fourth-order valence-electron chi connectivity index (χ4n) is 3.73. The Balaban J connectivity index is 1.55. The number of piperidine rings is 1. The summed E-state index contributed by atoms with van der Waals surface area (Å²) in [7, 11) is -1.77. The summed E-state index contributed by atoms with van der Waals surface area (Å²) in [5.74, 6) is -0.323. The molecule has 0 bridgehead atoms. The summed E-state index contributed by atoms with van der Waals surface area (Å²) in [4.78, 5) is 27.0. The van der Waals surface area contributed by atoms with E-state index in [1.54, 1.807) is 28.9 Å². The molecule has 1 aliphatic heterocycles. The Morgan fingerprint density at radius 2 is 1.80 bits per heavy atom. The van der Waals surface area contributed by atoms with Crippen LogP contribution in [0.15, 0.2) is 42.6 Å². The highest BCUT2D eigenvalue weighted by Crippen LogP contribution is 2.22. The topological polar surface area (TPSA) is 92.6 Å². The first-order valence-corrected chi connectivity index (χ1v) is 11.9. The van der Waals surface area contributed by atoms with Gasteiger partial charge in [0.25, 0.3) is 0 Å². The van der Waals surface area contributed by atoms with Crippen molar-refractivity contribution in [3.05, 3.63) is 53.9 Å². The fraction of sp³-hybridized carbons (Fsp3) is 0.476. The van der Waals surface area contributed by atoms with Gasteiger partial charge in [0, 0.05) is 38.8 Å². The molecule has 9 heteroatoms. The first-order valence-electron chi connectivity index (χ1n) is 10.0. The predicted molar refractivity (Wildman–Crippen MR) is 113 cm³/mol. The molecule has 1 aromatic carbocycles. The highest BCUT2D eigenvalue weighted by Gasteiger charge is 2.30. The second-order valence-electron chi connectivity index (χ2n) is 7.69. The van der Waals surface area contributed by atoms with Crippen LogP contribution in [0.2, 0.25) is 0 Å². The highest BCUT2D eigenvalue weighted by molar-refractivity contribution is 7.88. The molecule has 162 valence electrons. The quantitative estimate of drug-likeness (QED) is 0.587. The summed E-state index contributed by atoms with van der Waals surface area (Å²) in [6, 6.07) is 11.3. The Bertz CT molecular complexity index is 979. The van der Waals surface area contributed by atoms with E-state index < -0.39 is 10.0 Å². The minimum Gasteiger partial charge on any atom is -0.342 e. The van der Waals surface area contributed by atoms with Gasteiger partial charge in [-0.05, 0) is 30.9 Å². The Morgan fingerprint density at radius 1 is 1.13 bits per heavy atom. The van der Waals surface area contributed by atoms with Gasteiger partial charge in [-0.2, -0.15) is 9.40 Å². The molecule has 0 saturated carbocycles. The third kappa shape index (κ3) is 5.54. The smallest absolute Gasteiger partial charge is 0.237 e. The standard InChI is InChI=1S/C21H28N4O4S/c1-23-19(8-12-22-23)21(27)18-10-13-24(14-11-18)20(26)16-25(30(2,28)29)15-9-17-6-4-3-5-7-17/h3-8,12,18H,9-11,13-16H2,1-2H3. The van der Waals surface area contributed by atoms with Crippen LogP contribution >= 0.6 is 0 Å². The van der Waals surface area contributed by atoms with Crippen molar-refractivity contribution in [3.8, 4) is 0 Å². The number of aryl methyl sites for hydroxylation is 1. The van der Waals surface area contributed by atoms with Gasteiger partial charge in [-0.15, -0.1) is 0 Å². The minimum absolute atomic E-state index is 0.0442. The zero-order chi connectivity index (χ0) is 21.7. The lowest BCUT2D eigenvalue weighted by molar-refractivity contribution is -0.132. The molecule has 8 nitrogen and oxygen atoms in total. The summed E-state index contributed by atoms with van der Waals surface area (Å²) in [5, 5.41) is 4.04. The maximum Gasteiger partial charge on any atom is 0.237 e. The summed E-state index contributed by atoms with van der Waals surface area (Å²) in [6.07, 6.45) is 4.41. The Labute approximate surface area is 177 Å². The number of amides is 1. The average molecular weight is 433 g/mol. The van der Waals surface area contributed by atoms with E-state index in [-0.39, 0.29) is 30.7 Å². The number of hydrogen-bond acceptors (Lipinski definition) is 5. The molecule has 2 aromatic rings. The number of rotatable bonds is 8. The van der Waals surface area contributed by atoms with Crippen molar-refractivity contribution in [2.24, 2.45) is 13.0 Å². The fourth-order valence-corrected chi connectivity index (χ4v) is 4.50. The largest absolute Gasteiger partial charge is 0.342 e. The first kappa shape index (κ1) is 22.2. The Kier molecular flexibility index (Phi) is 7.04. The van der Waals surface area contributed by atoms with Gasteiger partial charge in [-0.3, -0.25) is 14.3 Å². The number of aromatic nitrogens is 2. The summed E-state index contributed by atoms with van der Waals surface area (Å²) in [5.41, 5.74) is 1.59. The average Bonchev–Trinajstić information content (AvgIpc) is 3.16. The molecule has 1 amide bonds. The molecule has 0 atom stereocenters. The van der Waals surface area contributed by atoms with E-state index in [9.17, 15) is 18.0 Å². The maximum absolute atomic E-state index is 12.7. The predicted octanol–water partition coefficient (Wildman–Crippen LogP) is 1.35. The van der Waals surface area contributed by atoms with Gasteiger partial charge in [0.15, 0.2) is 5.78 Å². The van der Waals surface area contributed by atoms with Crippen LogP contribution in [0.1, 0.15) is 28.9 Å². The van der Waals surface area contributed by atoms with Crippen LogP contribution in [0, 0.1) is 5.92 Å². The monoisotopic (exact) mass is 432 g/mol. The Morgan fingerprint density at radius 3 is 2.37 bits per heavy atom. The molecule has 1 aliphatic rings. The number of nitrogens with zero attached hydrogens (tertiary/aromatic N) is 4. The van der Waals surface area contributed by atoms with Crippen molar-refractivity contribution in [2.75, 3.05) is 32.4 Å². The third-order valence-electron chi connectivity index (χ3n) is 5.57. The summed E-state index contributed by atoms with van der Waals surface area (Å²) in [6.45, 7) is 0.975. The number of hydrogen-bond donors (Lipinski definition) is 0. The molecule has 2 heterocycles. The van der Waals surface area contributed by atoms with E-state index in [1.807, 2.05) is 30.3 Å². The first-order chi connectivity index (χ1) is 14.3. The lowest BCUT2D eigenvalue weighted by atomic mass is 9.91. The number of carbonyl (C=O) groups excluding carboxylic acids is 2. The van der Waals surface area contributed by atoms with E-state index in [0.717, 1.165) is 11.8 Å². The van der Waals surface area contributed by atoms with Gasteiger partial charge in [-0.25, -0.2) is 8.42 Å². The van der Waals surface area contributed by atoms with Crippen molar-refractivity contribution in [1.82, 2.24) is 19.0 Å². The van der Waals surface area contributed by atoms with Crippen LogP contribution in [-0.2, 0) is 28.3 Å². The molecule has 0 unspecified atom stereocenters. The van der Waals surface area contributed by atoms with Crippen molar-refractivity contribution in [1.29, 1.82) is 0 Å². The van der Waals surface area contributed by atoms with Crippen molar-refractivity contribution >= 4 is 21.7 Å². The zero-order valence-corrected chi connectivity index (χ0v) is 18.2. The van der Waals surface area contributed by atoms with E-state index >= 15 is 0 Å². The molecule has 0 aliphatic carbocycles. The van der Waals surface area contributed by atoms with E-state index in [0.29, 0.717) is 38.0 Å². The van der Waals surface area contributed by atoms with Crippen LogP contribution in [0.3, 0.4) is 0 Å². The SMILES string of the molecule is Cn1nccc1C(=O)C1CCN(C(=O)CN(CCc2ccccc2)S(C)(=O)=O)CC1. The lowest BCUT2D eigenvalue weighted by Crippen LogP contribution is -2.46. The molecule has 3 rings (SSSR count). The molecule has 0 radical (unpaired) electrons. The number of carbonyl (C=O) groups is 2.